The fourth-order valence-electron chi connectivity index (χ4n) is 2.15. The first-order chi connectivity index (χ1) is 6.72. The van der Waals surface area contributed by atoms with Crippen molar-refractivity contribution in [1.82, 2.24) is 0 Å². The summed E-state index contributed by atoms with van der Waals surface area (Å²) >= 11 is 0. The molecule has 2 rings (SSSR count). The zero-order valence-corrected chi connectivity index (χ0v) is 7.94. The Balaban J connectivity index is 1.86. The van der Waals surface area contributed by atoms with Crippen molar-refractivity contribution >= 4 is 11.8 Å². The lowest BCUT2D eigenvalue weighted by Crippen LogP contribution is -2.27. The number of Topliss-reactive ketones (excluding diaryl/α,β-unsaturated/α-hetero) is 1. The zero-order chi connectivity index (χ0) is 10.1. The first kappa shape index (κ1) is 9.65. The number of ether oxygens (including phenoxy) is 1. The van der Waals surface area contributed by atoms with E-state index in [-0.39, 0.29) is 36.3 Å². The van der Waals surface area contributed by atoms with Gasteiger partial charge in [-0.05, 0) is 19.3 Å². The maximum Gasteiger partial charge on any atom is 0.306 e. The number of hydrogen-bond acceptors (Lipinski definition) is 4. The predicted octanol–water partition coefficient (Wildman–Crippen LogP) is 0.280. The van der Waals surface area contributed by atoms with Crippen molar-refractivity contribution in [2.75, 3.05) is 6.61 Å². The van der Waals surface area contributed by atoms with E-state index in [0.29, 0.717) is 6.42 Å². The fourth-order valence-corrected chi connectivity index (χ4v) is 2.15. The molecule has 1 saturated heterocycles. The summed E-state index contributed by atoms with van der Waals surface area (Å²) < 4.78 is 5.16. The third kappa shape index (κ3) is 1.80. The molecule has 0 spiro atoms. The molecular formula is C10H14O4. The van der Waals surface area contributed by atoms with Gasteiger partial charge in [-0.2, -0.15) is 0 Å². The maximum absolute atomic E-state index is 11.1. The van der Waals surface area contributed by atoms with Gasteiger partial charge in [0.2, 0.25) is 0 Å². The molecule has 2 aliphatic rings. The van der Waals surface area contributed by atoms with Crippen molar-refractivity contribution in [2.45, 2.75) is 31.8 Å². The van der Waals surface area contributed by atoms with Gasteiger partial charge in [0.15, 0.2) is 5.78 Å². The van der Waals surface area contributed by atoms with E-state index in [2.05, 4.69) is 0 Å². The SMILES string of the molecule is O=C1CCC[C@H]([C@H]2C[C@@H]2C(=O)CO)O1. The van der Waals surface area contributed by atoms with Gasteiger partial charge in [-0.3, -0.25) is 9.59 Å². The van der Waals surface area contributed by atoms with Crippen LogP contribution in [0.5, 0.6) is 0 Å². The molecule has 1 N–H and O–H groups in total. The highest BCUT2D eigenvalue weighted by atomic mass is 16.5. The van der Waals surface area contributed by atoms with Gasteiger partial charge >= 0.3 is 5.97 Å². The first-order valence-electron chi connectivity index (χ1n) is 5.05. The van der Waals surface area contributed by atoms with E-state index in [9.17, 15) is 9.59 Å². The van der Waals surface area contributed by atoms with E-state index < -0.39 is 0 Å². The van der Waals surface area contributed by atoms with Crippen molar-refractivity contribution in [3.8, 4) is 0 Å². The minimum Gasteiger partial charge on any atom is -0.462 e. The Hall–Kier alpha value is -0.900. The fraction of sp³-hybridized carbons (Fsp3) is 0.800. The molecule has 0 radical (unpaired) electrons. The highest BCUT2D eigenvalue weighted by molar-refractivity contribution is 5.84. The lowest BCUT2D eigenvalue weighted by atomic mass is 10.0. The zero-order valence-electron chi connectivity index (χ0n) is 7.94. The number of aliphatic hydroxyl groups excluding tert-OH is 1. The maximum atomic E-state index is 11.1. The Kier molecular flexibility index (Phi) is 2.54. The molecule has 0 unspecified atom stereocenters. The van der Waals surface area contributed by atoms with Gasteiger partial charge in [0, 0.05) is 18.3 Å². The smallest absolute Gasteiger partial charge is 0.306 e. The van der Waals surface area contributed by atoms with Gasteiger partial charge < -0.3 is 9.84 Å². The quantitative estimate of drug-likeness (QED) is 0.661. The molecule has 3 atom stereocenters. The van der Waals surface area contributed by atoms with Gasteiger partial charge in [-0.1, -0.05) is 0 Å². The van der Waals surface area contributed by atoms with Crippen LogP contribution in [-0.4, -0.2) is 29.6 Å². The topological polar surface area (TPSA) is 63.6 Å². The molecule has 78 valence electrons. The summed E-state index contributed by atoms with van der Waals surface area (Å²) in [5, 5.41) is 8.66. The number of hydrogen-bond donors (Lipinski definition) is 1. The number of carbonyl (C=O) groups excluding carboxylic acids is 2. The highest BCUT2D eigenvalue weighted by Crippen LogP contribution is 2.45. The average molecular weight is 198 g/mol. The van der Waals surface area contributed by atoms with Crippen LogP contribution in [0.15, 0.2) is 0 Å². The number of carbonyl (C=O) groups is 2. The Morgan fingerprint density at radius 3 is 3.00 bits per heavy atom. The summed E-state index contributed by atoms with van der Waals surface area (Å²) in [5.41, 5.74) is 0. The molecule has 0 aromatic rings. The molecule has 0 aromatic carbocycles. The molecule has 1 aliphatic carbocycles. The van der Waals surface area contributed by atoms with E-state index in [4.69, 9.17) is 9.84 Å². The second-order valence-corrected chi connectivity index (χ2v) is 4.05. The van der Waals surface area contributed by atoms with Crippen molar-refractivity contribution in [3.63, 3.8) is 0 Å². The monoisotopic (exact) mass is 198 g/mol. The Morgan fingerprint density at radius 2 is 2.36 bits per heavy atom. The van der Waals surface area contributed by atoms with Crippen LogP contribution >= 0.6 is 0 Å². The average Bonchev–Trinajstić information content (AvgIpc) is 2.96. The molecule has 4 heteroatoms. The predicted molar refractivity (Wildman–Crippen MR) is 47.4 cm³/mol. The third-order valence-corrected chi connectivity index (χ3v) is 3.04. The summed E-state index contributed by atoms with van der Waals surface area (Å²) in [7, 11) is 0. The molecule has 0 amide bonds. The molecule has 1 saturated carbocycles. The van der Waals surface area contributed by atoms with Gasteiger partial charge in [0.1, 0.15) is 12.7 Å². The Bertz CT molecular complexity index is 261. The van der Waals surface area contributed by atoms with Crippen molar-refractivity contribution < 1.29 is 19.4 Å². The summed E-state index contributed by atoms with van der Waals surface area (Å²) in [4.78, 5) is 22.1. The number of esters is 1. The van der Waals surface area contributed by atoms with Crippen LogP contribution in [0, 0.1) is 11.8 Å². The molecule has 0 bridgehead atoms. The molecule has 1 heterocycles. The van der Waals surface area contributed by atoms with Crippen LogP contribution in [0.1, 0.15) is 25.7 Å². The van der Waals surface area contributed by atoms with Gasteiger partial charge in [-0.15, -0.1) is 0 Å². The van der Waals surface area contributed by atoms with E-state index in [1.807, 2.05) is 0 Å². The molecule has 1 aliphatic heterocycles. The van der Waals surface area contributed by atoms with E-state index in [1.54, 1.807) is 0 Å². The van der Waals surface area contributed by atoms with E-state index in [0.717, 1.165) is 19.3 Å². The summed E-state index contributed by atoms with van der Waals surface area (Å²) in [5.74, 6) is -0.144. The molecule has 2 fully saturated rings. The number of ketones is 1. The van der Waals surface area contributed by atoms with Crippen LogP contribution in [-0.2, 0) is 14.3 Å². The number of cyclic esters (lactones) is 1. The summed E-state index contributed by atoms with van der Waals surface area (Å²) in [6.07, 6.45) is 2.93. The molecule has 14 heavy (non-hydrogen) atoms. The van der Waals surface area contributed by atoms with Crippen LogP contribution in [0.3, 0.4) is 0 Å². The van der Waals surface area contributed by atoms with Gasteiger partial charge in [0.05, 0.1) is 0 Å². The minimum atomic E-state index is -0.387. The van der Waals surface area contributed by atoms with Crippen LogP contribution in [0.2, 0.25) is 0 Å². The van der Waals surface area contributed by atoms with Gasteiger partial charge in [-0.25, -0.2) is 0 Å². The third-order valence-electron chi connectivity index (χ3n) is 3.04. The van der Waals surface area contributed by atoms with E-state index in [1.165, 1.54) is 0 Å². The van der Waals surface area contributed by atoms with Crippen LogP contribution in [0.25, 0.3) is 0 Å². The number of aliphatic hydroxyl groups is 1. The summed E-state index contributed by atoms with van der Waals surface area (Å²) in [6.45, 7) is -0.387. The Labute approximate surface area is 82.2 Å². The summed E-state index contributed by atoms with van der Waals surface area (Å²) in [6, 6.07) is 0. The normalized spacial score (nSPS) is 36.4. The lowest BCUT2D eigenvalue weighted by Gasteiger charge is -2.22. The van der Waals surface area contributed by atoms with Crippen molar-refractivity contribution in [2.24, 2.45) is 11.8 Å². The standard InChI is InChI=1S/C10H14O4/c11-5-8(12)6-4-7(6)9-2-1-3-10(13)14-9/h6-7,9,11H,1-5H2/t6-,7-,9+/m0/s1. The molecule has 0 aromatic heterocycles. The number of rotatable bonds is 3. The van der Waals surface area contributed by atoms with Gasteiger partial charge in [0.25, 0.3) is 0 Å². The second kappa shape index (κ2) is 3.69. The minimum absolute atomic E-state index is 0.0594. The first-order valence-corrected chi connectivity index (χ1v) is 5.05. The molecule has 4 nitrogen and oxygen atoms in total. The van der Waals surface area contributed by atoms with Crippen LogP contribution < -0.4 is 0 Å². The van der Waals surface area contributed by atoms with Crippen molar-refractivity contribution in [3.05, 3.63) is 0 Å². The van der Waals surface area contributed by atoms with E-state index >= 15 is 0 Å². The molecular weight excluding hydrogens is 184 g/mol. The second-order valence-electron chi connectivity index (χ2n) is 4.05. The lowest BCUT2D eigenvalue weighted by molar-refractivity contribution is -0.155. The van der Waals surface area contributed by atoms with Crippen LogP contribution in [0.4, 0.5) is 0 Å². The Morgan fingerprint density at radius 1 is 1.57 bits per heavy atom. The largest absolute Gasteiger partial charge is 0.462 e. The highest BCUT2D eigenvalue weighted by Gasteiger charge is 2.49. The van der Waals surface area contributed by atoms with Crippen molar-refractivity contribution in [1.29, 1.82) is 0 Å².